The van der Waals surface area contributed by atoms with E-state index in [0.717, 1.165) is 39.3 Å². The molecule has 0 radical (unpaired) electrons. The lowest BCUT2D eigenvalue weighted by Crippen LogP contribution is -2.51. The molecular formula is C37H41ClO4. The average molecular weight is 585 g/mol. The van der Waals surface area contributed by atoms with Crippen LogP contribution in [0.4, 0.5) is 0 Å². The van der Waals surface area contributed by atoms with Gasteiger partial charge in [-0.05, 0) is 58.7 Å². The molecule has 5 heteroatoms. The Morgan fingerprint density at radius 3 is 1.93 bits per heavy atom. The van der Waals surface area contributed by atoms with E-state index in [1.165, 1.54) is 5.56 Å². The second-order valence-electron chi connectivity index (χ2n) is 11.2. The molecule has 1 heterocycles. The molecule has 4 aromatic rings. The van der Waals surface area contributed by atoms with Gasteiger partial charge >= 0.3 is 0 Å². The molecule has 0 bridgehead atoms. The minimum absolute atomic E-state index is 0.0329. The summed E-state index contributed by atoms with van der Waals surface area (Å²) in [5.41, 5.74) is 6.63. The second kappa shape index (κ2) is 15.0. The molecule has 0 spiro atoms. The molecule has 0 saturated carbocycles. The van der Waals surface area contributed by atoms with E-state index in [-0.39, 0.29) is 36.9 Å². The maximum atomic E-state index is 9.25. The number of aliphatic hydroxyl groups is 1. The van der Waals surface area contributed by atoms with Crippen molar-refractivity contribution >= 4 is 11.6 Å². The minimum Gasteiger partial charge on any atom is -0.396 e. The number of hydrogen-bond acceptors (Lipinski definition) is 4. The third kappa shape index (κ3) is 7.69. The average Bonchev–Trinajstić information content (AvgIpc) is 3.02. The zero-order valence-corrected chi connectivity index (χ0v) is 25.3. The molecule has 4 nitrogen and oxygen atoms in total. The molecule has 0 amide bonds. The summed E-state index contributed by atoms with van der Waals surface area (Å²) in [6, 6.07) is 35.2. The summed E-state index contributed by atoms with van der Waals surface area (Å²) in [5.74, 6) is 0.153. The van der Waals surface area contributed by atoms with Crippen LogP contribution in [0.5, 0.6) is 0 Å². The van der Waals surface area contributed by atoms with Crippen molar-refractivity contribution in [3.8, 4) is 0 Å². The van der Waals surface area contributed by atoms with Gasteiger partial charge < -0.3 is 19.3 Å². The zero-order chi connectivity index (χ0) is 29.3. The zero-order valence-electron chi connectivity index (χ0n) is 24.5. The fourth-order valence-electron chi connectivity index (χ4n) is 5.85. The Kier molecular flexibility index (Phi) is 10.8. The van der Waals surface area contributed by atoms with Gasteiger partial charge in [-0.1, -0.05) is 123 Å². The molecule has 0 unspecified atom stereocenters. The van der Waals surface area contributed by atoms with Crippen LogP contribution in [0.1, 0.15) is 59.8 Å². The number of aliphatic hydroxyl groups excluding tert-OH is 1. The Bertz CT molecular complexity index is 1380. The third-order valence-corrected chi connectivity index (χ3v) is 8.61. The van der Waals surface area contributed by atoms with E-state index in [9.17, 15) is 5.11 Å². The summed E-state index contributed by atoms with van der Waals surface area (Å²) in [6.07, 6.45) is 1.51. The molecule has 4 aromatic carbocycles. The molecule has 0 aliphatic carbocycles. The topological polar surface area (TPSA) is 47.9 Å². The van der Waals surface area contributed by atoms with Gasteiger partial charge in [0.05, 0.1) is 25.4 Å². The van der Waals surface area contributed by atoms with E-state index in [1.54, 1.807) is 0 Å². The van der Waals surface area contributed by atoms with Crippen molar-refractivity contribution in [2.24, 2.45) is 5.92 Å². The van der Waals surface area contributed by atoms with Gasteiger partial charge in [-0.15, -0.1) is 0 Å². The second-order valence-corrected chi connectivity index (χ2v) is 11.6. The lowest BCUT2D eigenvalue weighted by molar-refractivity contribution is -0.234. The molecule has 220 valence electrons. The summed E-state index contributed by atoms with van der Waals surface area (Å²) in [5, 5.41) is 9.98. The summed E-state index contributed by atoms with van der Waals surface area (Å²) < 4.78 is 20.3. The highest BCUT2D eigenvalue weighted by Crippen LogP contribution is 2.41. The highest BCUT2D eigenvalue weighted by atomic mass is 35.5. The maximum absolute atomic E-state index is 9.25. The van der Waals surface area contributed by atoms with E-state index >= 15 is 0 Å². The van der Waals surface area contributed by atoms with Crippen LogP contribution in [0, 0.1) is 5.92 Å². The molecular weight excluding hydrogens is 544 g/mol. The summed E-state index contributed by atoms with van der Waals surface area (Å²) in [4.78, 5) is 0. The van der Waals surface area contributed by atoms with Crippen LogP contribution in [-0.2, 0) is 40.3 Å². The van der Waals surface area contributed by atoms with Crippen LogP contribution in [0.2, 0.25) is 5.02 Å². The van der Waals surface area contributed by atoms with E-state index in [4.69, 9.17) is 25.8 Å². The molecule has 1 saturated heterocycles. The Balaban J connectivity index is 1.44. The number of halogens is 1. The highest BCUT2D eigenvalue weighted by Gasteiger charge is 2.45. The van der Waals surface area contributed by atoms with E-state index in [1.807, 2.05) is 42.5 Å². The van der Waals surface area contributed by atoms with Gasteiger partial charge in [-0.2, -0.15) is 0 Å². The number of ether oxygens (including phenoxy) is 3. The summed E-state index contributed by atoms with van der Waals surface area (Å²) >= 11 is 6.74. The first-order valence-electron chi connectivity index (χ1n) is 15.0. The van der Waals surface area contributed by atoms with Gasteiger partial charge in [0.1, 0.15) is 12.2 Å². The summed E-state index contributed by atoms with van der Waals surface area (Å²) in [6.45, 7) is 5.52. The van der Waals surface area contributed by atoms with Crippen molar-refractivity contribution in [3.05, 3.63) is 142 Å². The first kappa shape index (κ1) is 30.5. The van der Waals surface area contributed by atoms with Crippen molar-refractivity contribution in [1.29, 1.82) is 0 Å². The van der Waals surface area contributed by atoms with Gasteiger partial charge in [0.2, 0.25) is 0 Å². The van der Waals surface area contributed by atoms with Crippen LogP contribution in [0.25, 0.3) is 0 Å². The van der Waals surface area contributed by atoms with Crippen molar-refractivity contribution in [3.63, 3.8) is 0 Å². The quantitative estimate of drug-likeness (QED) is 0.183. The van der Waals surface area contributed by atoms with Crippen LogP contribution in [0.15, 0.2) is 103 Å². The first-order valence-corrected chi connectivity index (χ1v) is 15.4. The summed E-state index contributed by atoms with van der Waals surface area (Å²) in [7, 11) is 0. The predicted octanol–water partition coefficient (Wildman–Crippen LogP) is 8.12. The monoisotopic (exact) mass is 584 g/mol. The van der Waals surface area contributed by atoms with Gasteiger partial charge in [0.15, 0.2) is 0 Å². The van der Waals surface area contributed by atoms with Gasteiger partial charge in [-0.3, -0.25) is 0 Å². The minimum atomic E-state index is -0.307. The van der Waals surface area contributed by atoms with Crippen LogP contribution in [-0.4, -0.2) is 30.0 Å². The predicted molar refractivity (Wildman–Crippen MR) is 169 cm³/mol. The molecule has 1 N–H and O–H groups in total. The van der Waals surface area contributed by atoms with Crippen molar-refractivity contribution in [2.45, 2.75) is 70.7 Å². The number of hydrogen-bond donors (Lipinski definition) is 1. The Labute approximate surface area is 255 Å². The lowest BCUT2D eigenvalue weighted by atomic mass is 9.84. The fraction of sp³-hybridized carbons (Fsp3) is 0.351. The first-order chi connectivity index (χ1) is 20.6. The fourth-order valence-corrected chi connectivity index (χ4v) is 6.04. The lowest BCUT2D eigenvalue weighted by Gasteiger charge is -2.46. The largest absolute Gasteiger partial charge is 0.396 e. The Hall–Kier alpha value is -2.99. The van der Waals surface area contributed by atoms with Crippen molar-refractivity contribution < 1.29 is 19.3 Å². The SMILES string of the molecule is CC[C@H]1O[C@@H](c2ccc(Cl)c(Cc3ccc(CCO)cc3)c2)[C@H](OCc2ccccc2)[C@@H](OCc2ccccc2)[C@@H]1C. The Morgan fingerprint density at radius 1 is 0.738 bits per heavy atom. The van der Waals surface area contributed by atoms with Crippen molar-refractivity contribution in [2.75, 3.05) is 6.61 Å². The van der Waals surface area contributed by atoms with E-state index in [0.29, 0.717) is 26.1 Å². The molecule has 42 heavy (non-hydrogen) atoms. The van der Waals surface area contributed by atoms with Gasteiger partial charge in [-0.25, -0.2) is 0 Å². The normalized spacial score (nSPS) is 22.2. The van der Waals surface area contributed by atoms with Crippen molar-refractivity contribution in [1.82, 2.24) is 0 Å². The standard InChI is InChI=1S/C37H41ClO4/c1-3-34-26(2)35(40-24-29-10-6-4-7-11-29)37(41-25-30-12-8-5-9-13-30)36(42-34)31-18-19-33(38)32(23-31)22-28-16-14-27(15-17-28)20-21-39/h4-19,23,26,34-37,39H,3,20-22,24-25H2,1-2H3/t26-,34-,35+,36+,37-/m1/s1. The van der Waals surface area contributed by atoms with Crippen LogP contribution < -0.4 is 0 Å². The van der Waals surface area contributed by atoms with Crippen LogP contribution in [0.3, 0.4) is 0 Å². The molecule has 1 aliphatic rings. The molecule has 5 atom stereocenters. The molecule has 5 rings (SSSR count). The maximum Gasteiger partial charge on any atom is 0.115 e. The Morgan fingerprint density at radius 2 is 1.33 bits per heavy atom. The smallest absolute Gasteiger partial charge is 0.115 e. The molecule has 0 aromatic heterocycles. The van der Waals surface area contributed by atoms with Crippen LogP contribution >= 0.6 is 11.6 Å². The van der Waals surface area contributed by atoms with E-state index in [2.05, 4.69) is 74.5 Å². The van der Waals surface area contributed by atoms with Gasteiger partial charge in [0, 0.05) is 17.5 Å². The molecule has 1 aliphatic heterocycles. The third-order valence-electron chi connectivity index (χ3n) is 8.24. The number of benzene rings is 4. The highest BCUT2D eigenvalue weighted by molar-refractivity contribution is 6.31. The number of rotatable bonds is 12. The van der Waals surface area contributed by atoms with Gasteiger partial charge in [0.25, 0.3) is 0 Å². The van der Waals surface area contributed by atoms with E-state index < -0.39 is 0 Å². The molecule has 1 fully saturated rings.